The molecule has 0 saturated carbocycles. The minimum atomic E-state index is 0. The Morgan fingerprint density at radius 1 is 1.36 bits per heavy atom. The Morgan fingerprint density at radius 3 is 2.64 bits per heavy atom. The molecular weight excluding hydrogens is 362 g/mol. The molecule has 11 heavy (non-hydrogen) atoms. The summed E-state index contributed by atoms with van der Waals surface area (Å²) in [5, 5.41) is 0. The van der Waals surface area contributed by atoms with Crippen LogP contribution in [-0.4, -0.2) is 6.21 Å². The van der Waals surface area contributed by atoms with Gasteiger partial charge in [-0.2, -0.15) is 0 Å². The van der Waals surface area contributed by atoms with E-state index in [0.717, 1.165) is 5.57 Å². The van der Waals surface area contributed by atoms with Crippen molar-refractivity contribution in [3.05, 3.63) is 29.5 Å². The van der Waals surface area contributed by atoms with Crippen LogP contribution in [0.5, 0.6) is 0 Å². The van der Waals surface area contributed by atoms with E-state index in [1.54, 1.807) is 6.54 Å². The molecule has 0 saturated heterocycles. The molecule has 0 aliphatic carbocycles. The fraction of sp³-hybridized carbons (Fsp3) is 0.250. The van der Waals surface area contributed by atoms with E-state index in [0.29, 0.717) is 5.70 Å². The van der Waals surface area contributed by atoms with Gasteiger partial charge in [-0.3, -0.25) is 0 Å². The van der Waals surface area contributed by atoms with Crippen molar-refractivity contribution in [3.8, 4) is 0 Å². The van der Waals surface area contributed by atoms with Gasteiger partial charge >= 0.3 is 0 Å². The fourth-order valence-corrected chi connectivity index (χ4v) is 0.738. The fourth-order valence-electron chi connectivity index (χ4n) is 0.738. The van der Waals surface area contributed by atoms with Crippen molar-refractivity contribution in [2.24, 2.45) is 10.7 Å². The number of nitrogens with two attached hydrogens (primary N) is 1. The van der Waals surface area contributed by atoms with E-state index in [-0.39, 0.29) is 31.1 Å². The largest absolute Gasteiger partial charge is 0.418 e. The summed E-state index contributed by atoms with van der Waals surface area (Å²) in [5.41, 5.74) is 8.60. The number of rotatable bonds is 0. The quantitative estimate of drug-likeness (QED) is 0.641. The molecule has 1 heterocycles. The van der Waals surface area contributed by atoms with Crippen molar-refractivity contribution in [2.45, 2.75) is 13.8 Å². The summed E-state index contributed by atoms with van der Waals surface area (Å²) in [5.74, 6) is 0. The van der Waals surface area contributed by atoms with Crippen molar-refractivity contribution < 1.29 is 31.1 Å². The average Bonchev–Trinajstić information content (AvgIpc) is 1.96. The van der Waals surface area contributed by atoms with E-state index in [1.807, 2.05) is 26.1 Å². The third kappa shape index (κ3) is 3.18. The van der Waals surface area contributed by atoms with Gasteiger partial charge in [0, 0.05) is 31.1 Å². The Kier molecular flexibility index (Phi) is 4.64. The smallest absolute Gasteiger partial charge is 0 e. The van der Waals surface area contributed by atoms with E-state index in [1.165, 1.54) is 5.57 Å². The van der Waals surface area contributed by atoms with Crippen LogP contribution in [0.25, 0.3) is 0 Å². The first-order valence-corrected chi connectivity index (χ1v) is 3.21. The molecule has 1 rings (SSSR count). The van der Waals surface area contributed by atoms with Crippen LogP contribution >= 0.6 is 0 Å². The molecule has 2 nitrogen and oxygen atoms in total. The number of hydrogen-bond acceptors (Lipinski definition) is 2. The van der Waals surface area contributed by atoms with Crippen LogP contribution in [0, 0.1) is 37.7 Å². The minimum absolute atomic E-state index is 0. The molecule has 2 N–H and O–H groups in total. The molecule has 58 valence electrons. The molecule has 0 amide bonds. The first-order chi connectivity index (χ1) is 4.70. The average molecular weight is 373 g/mol. The second-order valence-electron chi connectivity index (χ2n) is 2.42. The van der Waals surface area contributed by atoms with Crippen LogP contribution < -0.4 is 5.73 Å². The normalized spacial score (nSPS) is 16.4. The van der Waals surface area contributed by atoms with Crippen LogP contribution in [0.1, 0.15) is 13.8 Å². The molecule has 3 heteroatoms. The standard InChI is InChI=1S/C8H11N2.U/c1-6-3-8(9)5-10-4-7(6)2;/h3-5H,9H2,1-2H3;/q-1;. The van der Waals surface area contributed by atoms with Gasteiger partial charge in [-0.15, -0.1) is 11.6 Å². The molecule has 0 spiro atoms. The maximum absolute atomic E-state index is 5.54. The van der Waals surface area contributed by atoms with Crippen LogP contribution in [0.4, 0.5) is 0 Å². The van der Waals surface area contributed by atoms with Crippen LogP contribution in [0.3, 0.4) is 0 Å². The van der Waals surface area contributed by atoms with Gasteiger partial charge < -0.3 is 10.7 Å². The van der Waals surface area contributed by atoms with Gasteiger partial charge in [0.15, 0.2) is 0 Å². The zero-order valence-electron chi connectivity index (χ0n) is 6.76. The molecular formula is C8H11N2U-. The predicted molar refractivity (Wildman–Crippen MR) is 43.4 cm³/mol. The van der Waals surface area contributed by atoms with Crippen molar-refractivity contribution in [1.29, 1.82) is 0 Å². The first-order valence-electron chi connectivity index (χ1n) is 3.21. The molecule has 0 atom stereocenters. The molecule has 0 aromatic carbocycles. The van der Waals surface area contributed by atoms with Crippen LogP contribution in [0.2, 0.25) is 0 Å². The SMILES string of the molecule is CC1=C(C)C=C(N)[CH-]N=C1.[U]. The molecule has 0 bridgehead atoms. The van der Waals surface area contributed by atoms with Crippen molar-refractivity contribution >= 4 is 6.21 Å². The van der Waals surface area contributed by atoms with E-state index in [9.17, 15) is 0 Å². The molecule has 0 fully saturated rings. The van der Waals surface area contributed by atoms with Crippen molar-refractivity contribution in [3.63, 3.8) is 0 Å². The van der Waals surface area contributed by atoms with Crippen molar-refractivity contribution in [2.75, 3.05) is 0 Å². The Hall–Kier alpha value is -0.128. The molecule has 1 aliphatic rings. The Bertz CT molecular complexity index is 226. The number of hydrogen-bond donors (Lipinski definition) is 1. The molecule has 0 unspecified atom stereocenters. The maximum Gasteiger partial charge on any atom is 0 e. The zero-order valence-corrected chi connectivity index (χ0v) is 10.9. The molecule has 0 aromatic rings. The zero-order chi connectivity index (χ0) is 7.56. The van der Waals surface area contributed by atoms with Gasteiger partial charge in [-0.25, -0.2) is 0 Å². The number of allylic oxidation sites excluding steroid dienone is 3. The molecule has 0 radical (unpaired) electrons. The summed E-state index contributed by atoms with van der Waals surface area (Å²) in [6.07, 6.45) is 3.73. The predicted octanol–water partition coefficient (Wildman–Crippen LogP) is 1.41. The van der Waals surface area contributed by atoms with E-state index in [2.05, 4.69) is 4.99 Å². The van der Waals surface area contributed by atoms with Crippen molar-refractivity contribution in [1.82, 2.24) is 0 Å². The van der Waals surface area contributed by atoms with Gasteiger partial charge in [0.2, 0.25) is 0 Å². The summed E-state index contributed by atoms with van der Waals surface area (Å²) in [6.45, 7) is 5.69. The second-order valence-corrected chi connectivity index (χ2v) is 2.42. The van der Waals surface area contributed by atoms with E-state index in [4.69, 9.17) is 5.73 Å². The Balaban J connectivity index is 0.000001000. The van der Waals surface area contributed by atoms with Gasteiger partial charge in [0.05, 0.1) is 0 Å². The summed E-state index contributed by atoms with van der Waals surface area (Å²) < 4.78 is 0. The van der Waals surface area contributed by atoms with Crippen LogP contribution in [-0.2, 0) is 0 Å². The topological polar surface area (TPSA) is 38.4 Å². The summed E-state index contributed by atoms with van der Waals surface area (Å²) >= 11 is 0. The third-order valence-corrected chi connectivity index (χ3v) is 1.50. The van der Waals surface area contributed by atoms with Crippen LogP contribution in [0.15, 0.2) is 27.9 Å². The summed E-state index contributed by atoms with van der Waals surface area (Å²) in [4.78, 5) is 3.98. The minimum Gasteiger partial charge on any atom is -0.418 e. The van der Waals surface area contributed by atoms with Gasteiger partial charge in [0.25, 0.3) is 0 Å². The monoisotopic (exact) mass is 373 g/mol. The van der Waals surface area contributed by atoms with Gasteiger partial charge in [-0.05, 0) is 0 Å². The van der Waals surface area contributed by atoms with E-state index >= 15 is 0 Å². The van der Waals surface area contributed by atoms with Gasteiger partial charge in [0.1, 0.15) is 0 Å². The summed E-state index contributed by atoms with van der Waals surface area (Å²) in [7, 11) is 0. The van der Waals surface area contributed by atoms with Gasteiger partial charge in [-0.1, -0.05) is 37.9 Å². The maximum atomic E-state index is 5.54. The van der Waals surface area contributed by atoms with E-state index < -0.39 is 0 Å². The Morgan fingerprint density at radius 2 is 2.00 bits per heavy atom. The second kappa shape index (κ2) is 4.69. The third-order valence-electron chi connectivity index (χ3n) is 1.50. The molecule has 0 aromatic heterocycles. The first kappa shape index (κ1) is 10.9. The molecule has 1 aliphatic heterocycles. The number of nitrogens with zero attached hydrogens (tertiary/aromatic N) is 1. The number of aliphatic imine (C=N–C) groups is 1. The summed E-state index contributed by atoms with van der Waals surface area (Å²) in [6, 6.07) is 0. The Labute approximate surface area is 91.0 Å².